The standard InChI is InChI=1S/C14H25NO/c1-3-10(4-2)9-15-14(16)13-11-7-5-6-8-12(11)13/h10-13H,3-9H2,1-2H3,(H,15,16). The summed E-state index contributed by atoms with van der Waals surface area (Å²) in [6.07, 6.45) is 7.64. The Balaban J connectivity index is 1.73. The van der Waals surface area contributed by atoms with Gasteiger partial charge in [0.15, 0.2) is 0 Å². The predicted molar refractivity (Wildman–Crippen MR) is 66.0 cm³/mol. The molecule has 2 aliphatic carbocycles. The molecule has 0 radical (unpaired) electrons. The Hall–Kier alpha value is -0.530. The summed E-state index contributed by atoms with van der Waals surface area (Å²) < 4.78 is 0. The van der Waals surface area contributed by atoms with Gasteiger partial charge in [-0.2, -0.15) is 0 Å². The van der Waals surface area contributed by atoms with Gasteiger partial charge in [0.2, 0.25) is 5.91 Å². The van der Waals surface area contributed by atoms with Crippen LogP contribution in [-0.4, -0.2) is 12.5 Å². The maximum atomic E-state index is 12.0. The summed E-state index contributed by atoms with van der Waals surface area (Å²) in [5.74, 6) is 2.90. The fourth-order valence-corrected chi connectivity index (χ4v) is 3.32. The van der Waals surface area contributed by atoms with Crippen LogP contribution in [0.2, 0.25) is 0 Å². The predicted octanol–water partition coefficient (Wildman–Crippen LogP) is 2.98. The van der Waals surface area contributed by atoms with Gasteiger partial charge < -0.3 is 5.32 Å². The van der Waals surface area contributed by atoms with Crippen LogP contribution in [0.1, 0.15) is 52.4 Å². The topological polar surface area (TPSA) is 29.1 Å². The van der Waals surface area contributed by atoms with E-state index in [4.69, 9.17) is 0 Å². The van der Waals surface area contributed by atoms with E-state index in [1.54, 1.807) is 0 Å². The highest BCUT2D eigenvalue weighted by Crippen LogP contribution is 2.55. The van der Waals surface area contributed by atoms with E-state index in [2.05, 4.69) is 19.2 Å². The van der Waals surface area contributed by atoms with Gasteiger partial charge in [-0.15, -0.1) is 0 Å². The van der Waals surface area contributed by atoms with Crippen LogP contribution in [0, 0.1) is 23.7 Å². The van der Waals surface area contributed by atoms with Gasteiger partial charge in [-0.25, -0.2) is 0 Å². The molecule has 2 rings (SSSR count). The first-order chi connectivity index (χ1) is 7.77. The van der Waals surface area contributed by atoms with E-state index in [1.165, 1.54) is 38.5 Å². The van der Waals surface area contributed by atoms with Gasteiger partial charge in [-0.3, -0.25) is 4.79 Å². The quantitative estimate of drug-likeness (QED) is 0.762. The number of amides is 1. The lowest BCUT2D eigenvalue weighted by atomic mass is 10.0. The molecule has 0 aliphatic heterocycles. The average Bonchev–Trinajstić information content (AvgIpc) is 3.04. The second-order valence-electron chi connectivity index (χ2n) is 5.57. The van der Waals surface area contributed by atoms with Gasteiger partial charge in [0.1, 0.15) is 0 Å². The molecule has 2 atom stereocenters. The summed E-state index contributed by atoms with van der Waals surface area (Å²) >= 11 is 0. The summed E-state index contributed by atoms with van der Waals surface area (Å²) in [6, 6.07) is 0. The lowest BCUT2D eigenvalue weighted by Crippen LogP contribution is -2.30. The number of rotatable bonds is 5. The fraction of sp³-hybridized carbons (Fsp3) is 0.929. The molecular weight excluding hydrogens is 198 g/mol. The van der Waals surface area contributed by atoms with Gasteiger partial charge in [-0.05, 0) is 30.6 Å². The van der Waals surface area contributed by atoms with Crippen LogP contribution in [-0.2, 0) is 4.79 Å². The van der Waals surface area contributed by atoms with E-state index in [-0.39, 0.29) is 0 Å². The Labute approximate surface area is 99.2 Å². The third-order valence-electron chi connectivity index (χ3n) is 4.68. The molecule has 0 aromatic carbocycles. The van der Waals surface area contributed by atoms with E-state index in [9.17, 15) is 4.79 Å². The molecule has 1 amide bonds. The van der Waals surface area contributed by atoms with Gasteiger partial charge in [0, 0.05) is 12.5 Å². The zero-order valence-electron chi connectivity index (χ0n) is 10.7. The SMILES string of the molecule is CCC(CC)CNC(=O)C1C2CCCCC21. The van der Waals surface area contributed by atoms with Crippen LogP contribution in [0.4, 0.5) is 0 Å². The van der Waals surface area contributed by atoms with E-state index < -0.39 is 0 Å². The van der Waals surface area contributed by atoms with Crippen molar-refractivity contribution in [1.29, 1.82) is 0 Å². The molecule has 0 aromatic rings. The number of nitrogens with one attached hydrogen (secondary N) is 1. The number of carbonyl (C=O) groups is 1. The van der Waals surface area contributed by atoms with Crippen molar-refractivity contribution in [3.8, 4) is 0 Å². The van der Waals surface area contributed by atoms with Crippen molar-refractivity contribution in [2.45, 2.75) is 52.4 Å². The van der Waals surface area contributed by atoms with Gasteiger partial charge >= 0.3 is 0 Å². The van der Waals surface area contributed by atoms with Crippen molar-refractivity contribution in [3.05, 3.63) is 0 Å². The number of carbonyl (C=O) groups excluding carboxylic acids is 1. The molecule has 0 bridgehead atoms. The molecule has 0 heterocycles. The van der Waals surface area contributed by atoms with Crippen LogP contribution in [0.3, 0.4) is 0 Å². The van der Waals surface area contributed by atoms with Crippen molar-refractivity contribution in [2.75, 3.05) is 6.54 Å². The van der Waals surface area contributed by atoms with Crippen molar-refractivity contribution < 1.29 is 4.79 Å². The molecule has 2 nitrogen and oxygen atoms in total. The van der Waals surface area contributed by atoms with Gasteiger partial charge in [0.05, 0.1) is 0 Å². The van der Waals surface area contributed by atoms with Gasteiger partial charge in [-0.1, -0.05) is 39.5 Å². The highest BCUT2D eigenvalue weighted by atomic mass is 16.2. The normalized spacial score (nSPS) is 32.3. The third-order valence-corrected chi connectivity index (χ3v) is 4.68. The second-order valence-corrected chi connectivity index (χ2v) is 5.57. The smallest absolute Gasteiger partial charge is 0.223 e. The Morgan fingerprint density at radius 3 is 2.25 bits per heavy atom. The van der Waals surface area contributed by atoms with E-state index in [1.807, 2.05) is 0 Å². The molecule has 92 valence electrons. The first-order valence-corrected chi connectivity index (χ1v) is 7.05. The molecule has 2 aliphatic rings. The third kappa shape index (κ3) is 2.41. The van der Waals surface area contributed by atoms with E-state index in [0.717, 1.165) is 18.4 Å². The van der Waals surface area contributed by atoms with Crippen molar-refractivity contribution in [1.82, 2.24) is 5.32 Å². The Morgan fingerprint density at radius 1 is 1.19 bits per heavy atom. The zero-order valence-corrected chi connectivity index (χ0v) is 10.7. The molecule has 16 heavy (non-hydrogen) atoms. The summed E-state index contributed by atoms with van der Waals surface area (Å²) in [5.41, 5.74) is 0. The van der Waals surface area contributed by atoms with Crippen LogP contribution in [0.25, 0.3) is 0 Å². The Morgan fingerprint density at radius 2 is 1.75 bits per heavy atom. The largest absolute Gasteiger partial charge is 0.356 e. The highest BCUT2D eigenvalue weighted by molar-refractivity contribution is 5.82. The summed E-state index contributed by atoms with van der Waals surface area (Å²) in [7, 11) is 0. The maximum Gasteiger partial charge on any atom is 0.223 e. The first kappa shape index (κ1) is 11.9. The Kier molecular flexibility index (Phi) is 3.88. The second kappa shape index (κ2) is 5.20. The maximum absolute atomic E-state index is 12.0. The van der Waals surface area contributed by atoms with Gasteiger partial charge in [0.25, 0.3) is 0 Å². The fourth-order valence-electron chi connectivity index (χ4n) is 3.32. The van der Waals surface area contributed by atoms with Crippen LogP contribution in [0.15, 0.2) is 0 Å². The van der Waals surface area contributed by atoms with Crippen molar-refractivity contribution in [3.63, 3.8) is 0 Å². The number of hydrogen-bond donors (Lipinski definition) is 1. The molecule has 0 spiro atoms. The zero-order chi connectivity index (χ0) is 11.5. The minimum Gasteiger partial charge on any atom is -0.356 e. The molecular formula is C14H25NO. The minimum absolute atomic E-state index is 0.351. The molecule has 0 saturated heterocycles. The average molecular weight is 223 g/mol. The monoisotopic (exact) mass is 223 g/mol. The van der Waals surface area contributed by atoms with Crippen LogP contribution < -0.4 is 5.32 Å². The molecule has 1 N–H and O–H groups in total. The molecule has 0 aromatic heterocycles. The van der Waals surface area contributed by atoms with Crippen LogP contribution >= 0.6 is 0 Å². The molecule has 2 heteroatoms. The lowest BCUT2D eigenvalue weighted by molar-refractivity contribution is -0.123. The van der Waals surface area contributed by atoms with Crippen molar-refractivity contribution >= 4 is 5.91 Å². The molecule has 2 unspecified atom stereocenters. The summed E-state index contributed by atoms with van der Waals surface area (Å²) in [5, 5.41) is 3.16. The number of hydrogen-bond acceptors (Lipinski definition) is 1. The summed E-state index contributed by atoms with van der Waals surface area (Å²) in [6.45, 7) is 5.30. The van der Waals surface area contributed by atoms with E-state index >= 15 is 0 Å². The highest BCUT2D eigenvalue weighted by Gasteiger charge is 2.54. The lowest BCUT2D eigenvalue weighted by Gasteiger charge is -2.13. The molecule has 2 saturated carbocycles. The first-order valence-electron chi connectivity index (χ1n) is 7.05. The van der Waals surface area contributed by atoms with Crippen molar-refractivity contribution in [2.24, 2.45) is 23.7 Å². The van der Waals surface area contributed by atoms with E-state index in [0.29, 0.717) is 17.7 Å². The minimum atomic E-state index is 0.351. The molecule has 2 fully saturated rings. The Bertz CT molecular complexity index is 235. The number of fused-ring (bicyclic) bond motifs is 1. The summed E-state index contributed by atoms with van der Waals surface area (Å²) in [4.78, 5) is 12.0. The van der Waals surface area contributed by atoms with Crippen LogP contribution in [0.5, 0.6) is 0 Å².